The summed E-state index contributed by atoms with van der Waals surface area (Å²) in [6, 6.07) is 10.2. The van der Waals surface area contributed by atoms with E-state index in [1.165, 1.54) is 36.4 Å². The molecule has 0 aliphatic carbocycles. The molecule has 0 radical (unpaired) electrons. The van der Waals surface area contributed by atoms with Gasteiger partial charge in [0.2, 0.25) is 0 Å². The first-order valence-corrected chi connectivity index (χ1v) is 6.30. The number of hydrogen-bond donors (Lipinski definition) is 1. The van der Waals surface area contributed by atoms with Gasteiger partial charge in [-0.2, -0.15) is 0 Å². The second-order valence-electron chi connectivity index (χ2n) is 4.22. The maximum atomic E-state index is 11.9. The molecule has 1 N–H and O–H groups in total. The van der Waals surface area contributed by atoms with Gasteiger partial charge in [0.1, 0.15) is 10.8 Å². The molecule has 0 atom stereocenters. The molecule has 2 aromatic carbocycles. The summed E-state index contributed by atoms with van der Waals surface area (Å²) in [6.45, 7) is 0. The molecule has 0 spiro atoms. The highest BCUT2D eigenvalue weighted by atomic mass is 35.5. The number of nitrogens with zero attached hydrogens (tertiary/aromatic N) is 1. The van der Waals surface area contributed by atoms with Crippen molar-refractivity contribution in [1.29, 1.82) is 0 Å². The van der Waals surface area contributed by atoms with E-state index in [4.69, 9.17) is 11.6 Å². The number of allylic oxidation sites excluding steroid dienone is 1. The Morgan fingerprint density at radius 3 is 2.67 bits per heavy atom. The van der Waals surface area contributed by atoms with Crippen molar-refractivity contribution < 1.29 is 14.8 Å². The molecule has 0 bridgehead atoms. The molecule has 21 heavy (non-hydrogen) atoms. The Labute approximate surface area is 125 Å². The molecule has 5 nitrogen and oxygen atoms in total. The lowest BCUT2D eigenvalue weighted by molar-refractivity contribution is -0.384. The Balaban J connectivity index is 2.23. The predicted octanol–water partition coefficient (Wildman–Crippen LogP) is 3.85. The summed E-state index contributed by atoms with van der Waals surface area (Å²) in [5, 5.41) is 20.1. The van der Waals surface area contributed by atoms with Crippen LogP contribution < -0.4 is 0 Å². The second kappa shape index (κ2) is 6.19. The van der Waals surface area contributed by atoms with Crippen LogP contribution in [0.2, 0.25) is 5.02 Å². The fourth-order valence-corrected chi connectivity index (χ4v) is 1.89. The maximum absolute atomic E-state index is 11.9. The first kappa shape index (κ1) is 14.7. The number of nitro groups is 1. The van der Waals surface area contributed by atoms with Gasteiger partial charge in [-0.05, 0) is 29.8 Å². The average molecular weight is 304 g/mol. The number of ketones is 1. The van der Waals surface area contributed by atoms with Gasteiger partial charge in [-0.15, -0.1) is 0 Å². The number of phenols is 1. The summed E-state index contributed by atoms with van der Waals surface area (Å²) < 4.78 is 0. The molecular formula is C15H10ClNO4. The van der Waals surface area contributed by atoms with Crippen LogP contribution in [0, 0.1) is 10.1 Å². The van der Waals surface area contributed by atoms with Gasteiger partial charge >= 0.3 is 0 Å². The van der Waals surface area contributed by atoms with Crippen LogP contribution in [0.3, 0.4) is 0 Å². The van der Waals surface area contributed by atoms with E-state index in [1.54, 1.807) is 18.2 Å². The lowest BCUT2D eigenvalue weighted by Crippen LogP contribution is -1.93. The first-order chi connectivity index (χ1) is 9.97. The molecule has 2 rings (SSSR count). The lowest BCUT2D eigenvalue weighted by Gasteiger charge is -1.98. The molecule has 0 unspecified atom stereocenters. The number of benzene rings is 2. The number of aromatic hydroxyl groups is 1. The van der Waals surface area contributed by atoms with Gasteiger partial charge in [0.25, 0.3) is 5.69 Å². The Bertz CT molecular complexity index is 740. The highest BCUT2D eigenvalue weighted by molar-refractivity contribution is 6.32. The zero-order valence-corrected chi connectivity index (χ0v) is 11.4. The number of nitro benzene ring substituents is 1. The Kier molecular flexibility index (Phi) is 4.35. The summed E-state index contributed by atoms with van der Waals surface area (Å²) in [5.74, 6) is -0.320. The highest BCUT2D eigenvalue weighted by Gasteiger charge is 2.11. The van der Waals surface area contributed by atoms with Crippen LogP contribution in [0.15, 0.2) is 48.5 Å². The number of phenolic OH excluding ortho intramolecular Hbond substituents is 1. The minimum absolute atomic E-state index is 0.00335. The van der Waals surface area contributed by atoms with E-state index in [2.05, 4.69) is 0 Å². The summed E-state index contributed by atoms with van der Waals surface area (Å²) >= 11 is 5.71. The highest BCUT2D eigenvalue weighted by Crippen LogP contribution is 2.25. The third-order valence-electron chi connectivity index (χ3n) is 2.72. The minimum atomic E-state index is -0.587. The molecule has 0 aromatic heterocycles. The summed E-state index contributed by atoms with van der Waals surface area (Å²) in [4.78, 5) is 22.1. The van der Waals surface area contributed by atoms with E-state index in [0.29, 0.717) is 11.1 Å². The third-order valence-corrected chi connectivity index (χ3v) is 3.04. The molecule has 106 valence electrons. The number of rotatable bonds is 4. The van der Waals surface area contributed by atoms with Gasteiger partial charge in [-0.1, -0.05) is 35.9 Å². The molecule has 0 aliphatic rings. The minimum Gasteiger partial charge on any atom is -0.508 e. The third kappa shape index (κ3) is 3.67. The quantitative estimate of drug-likeness (QED) is 0.402. The maximum Gasteiger partial charge on any atom is 0.288 e. The van der Waals surface area contributed by atoms with Crippen molar-refractivity contribution in [1.82, 2.24) is 0 Å². The van der Waals surface area contributed by atoms with Crippen molar-refractivity contribution in [3.05, 3.63) is 74.8 Å². The Morgan fingerprint density at radius 2 is 2.00 bits per heavy atom. The Hall–Kier alpha value is -2.66. The van der Waals surface area contributed by atoms with Gasteiger partial charge in [-0.3, -0.25) is 14.9 Å². The van der Waals surface area contributed by atoms with Crippen LogP contribution in [-0.4, -0.2) is 15.8 Å². The van der Waals surface area contributed by atoms with Gasteiger partial charge in [-0.25, -0.2) is 0 Å². The van der Waals surface area contributed by atoms with E-state index in [9.17, 15) is 20.0 Å². The van der Waals surface area contributed by atoms with Crippen LogP contribution in [0.25, 0.3) is 6.08 Å². The van der Waals surface area contributed by atoms with Crippen LogP contribution >= 0.6 is 11.6 Å². The van der Waals surface area contributed by atoms with Crippen LogP contribution in [0.4, 0.5) is 5.69 Å². The van der Waals surface area contributed by atoms with E-state index < -0.39 is 4.92 Å². The Morgan fingerprint density at radius 1 is 1.24 bits per heavy atom. The van der Waals surface area contributed by atoms with Gasteiger partial charge in [0, 0.05) is 11.6 Å². The SMILES string of the molecule is O=C(/C=C/c1ccc(Cl)c([N+](=O)[O-])c1)c1cccc(O)c1. The van der Waals surface area contributed by atoms with Gasteiger partial charge < -0.3 is 5.11 Å². The molecule has 0 amide bonds. The van der Waals surface area contributed by atoms with Crippen molar-refractivity contribution >= 4 is 29.1 Å². The molecule has 0 aliphatic heterocycles. The van der Waals surface area contributed by atoms with Crippen molar-refractivity contribution in [2.45, 2.75) is 0 Å². The average Bonchev–Trinajstić information content (AvgIpc) is 2.45. The zero-order chi connectivity index (χ0) is 15.4. The van der Waals surface area contributed by atoms with Gasteiger partial charge in [0.15, 0.2) is 5.78 Å². The summed E-state index contributed by atoms with van der Waals surface area (Å²) in [6.07, 6.45) is 2.73. The van der Waals surface area contributed by atoms with Gasteiger partial charge in [0.05, 0.1) is 4.92 Å². The zero-order valence-electron chi connectivity index (χ0n) is 10.7. The van der Waals surface area contributed by atoms with Crippen LogP contribution in [-0.2, 0) is 0 Å². The molecule has 0 saturated heterocycles. The van der Waals surface area contributed by atoms with Crippen molar-refractivity contribution in [3.8, 4) is 5.75 Å². The monoisotopic (exact) mass is 303 g/mol. The molecule has 0 heterocycles. The van der Waals surface area contributed by atoms with Crippen molar-refractivity contribution in [3.63, 3.8) is 0 Å². The molecule has 2 aromatic rings. The number of halogens is 1. The molecular weight excluding hydrogens is 294 g/mol. The van der Waals surface area contributed by atoms with E-state index in [0.717, 1.165) is 0 Å². The van der Waals surface area contributed by atoms with E-state index in [1.807, 2.05) is 0 Å². The predicted molar refractivity (Wildman–Crippen MR) is 79.6 cm³/mol. The smallest absolute Gasteiger partial charge is 0.288 e. The van der Waals surface area contributed by atoms with Crippen LogP contribution in [0.5, 0.6) is 5.75 Å². The fraction of sp³-hybridized carbons (Fsp3) is 0. The largest absolute Gasteiger partial charge is 0.508 e. The lowest BCUT2D eigenvalue weighted by atomic mass is 10.1. The molecule has 0 saturated carbocycles. The second-order valence-corrected chi connectivity index (χ2v) is 4.62. The van der Waals surface area contributed by atoms with Crippen molar-refractivity contribution in [2.75, 3.05) is 0 Å². The standard InChI is InChI=1S/C15H10ClNO4/c16-13-6-4-10(8-14(13)17(20)21)5-7-15(19)11-2-1-3-12(18)9-11/h1-9,18H/b7-5+. The molecule has 6 heteroatoms. The van der Waals surface area contributed by atoms with E-state index in [-0.39, 0.29) is 22.2 Å². The summed E-state index contributed by atoms with van der Waals surface area (Å²) in [5.41, 5.74) is 0.595. The normalized spacial score (nSPS) is 10.7. The summed E-state index contributed by atoms with van der Waals surface area (Å²) in [7, 11) is 0. The van der Waals surface area contributed by atoms with Crippen LogP contribution in [0.1, 0.15) is 15.9 Å². The number of hydrogen-bond acceptors (Lipinski definition) is 4. The van der Waals surface area contributed by atoms with Crippen molar-refractivity contribution in [2.24, 2.45) is 0 Å². The topological polar surface area (TPSA) is 80.4 Å². The fourth-order valence-electron chi connectivity index (χ4n) is 1.70. The number of carbonyl (C=O) groups is 1. The first-order valence-electron chi connectivity index (χ1n) is 5.93. The number of carbonyl (C=O) groups excluding carboxylic acids is 1. The molecule has 0 fully saturated rings. The van der Waals surface area contributed by atoms with E-state index >= 15 is 0 Å².